The fraction of sp³-hybridized carbons (Fsp3) is 0.273. The number of hydrogen-bond acceptors (Lipinski definition) is 3. The van der Waals surface area contributed by atoms with Crippen molar-refractivity contribution in [3.05, 3.63) is 29.3 Å². The van der Waals surface area contributed by atoms with Crippen LogP contribution >= 0.6 is 11.6 Å². The number of ether oxygens (including phenoxy) is 1. The maximum Gasteiger partial charge on any atom is 0.321 e. The number of Topliss-reactive ketones (excluding diaryl/α,β-unsaturated/α-hetero) is 1. The first-order chi connectivity index (χ1) is 7.00. The predicted molar refractivity (Wildman–Crippen MR) is 56.9 cm³/mol. The van der Waals surface area contributed by atoms with E-state index in [2.05, 4.69) is 0 Å². The number of hydrogen-bond donors (Lipinski definition) is 0. The van der Waals surface area contributed by atoms with Gasteiger partial charge in [-0.15, -0.1) is 0 Å². The molecule has 1 aromatic carbocycles. The maximum atomic E-state index is 11.4. The predicted octanol–water partition coefficient (Wildman–Crippen LogP) is 2.47. The summed E-state index contributed by atoms with van der Waals surface area (Å²) in [7, 11) is 0. The van der Waals surface area contributed by atoms with Crippen molar-refractivity contribution in [1.82, 2.24) is 0 Å². The summed E-state index contributed by atoms with van der Waals surface area (Å²) in [6.45, 7) is 2.87. The summed E-state index contributed by atoms with van der Waals surface area (Å²) >= 11 is 5.67. The first-order valence-corrected chi connectivity index (χ1v) is 4.86. The number of carbonyl (C=O) groups excluding carboxylic acids is 2. The zero-order valence-corrected chi connectivity index (χ0v) is 9.25. The minimum Gasteiger partial charge on any atom is -0.426 e. The van der Waals surface area contributed by atoms with E-state index < -0.39 is 11.9 Å². The molecule has 0 aliphatic heterocycles. The summed E-state index contributed by atoms with van der Waals surface area (Å²) in [6.07, 6.45) is 0. The van der Waals surface area contributed by atoms with Crippen LogP contribution in [0.15, 0.2) is 24.3 Å². The highest BCUT2D eigenvalue weighted by atomic mass is 35.5. The van der Waals surface area contributed by atoms with Crippen LogP contribution in [0.3, 0.4) is 0 Å². The third-order valence-corrected chi connectivity index (χ3v) is 2.25. The molecule has 0 saturated carbocycles. The van der Waals surface area contributed by atoms with Crippen LogP contribution < -0.4 is 4.74 Å². The quantitative estimate of drug-likeness (QED) is 0.452. The van der Waals surface area contributed by atoms with E-state index >= 15 is 0 Å². The number of esters is 1. The molecule has 0 aliphatic carbocycles. The van der Waals surface area contributed by atoms with Crippen molar-refractivity contribution in [3.8, 4) is 5.75 Å². The standard InChI is InChI=1S/C11H11ClO3/c1-7(8(2)13)11(14)15-10-5-3-9(12)4-6-10/h3-7H,1-2H3. The van der Waals surface area contributed by atoms with Gasteiger partial charge in [0.05, 0.1) is 0 Å². The number of rotatable bonds is 3. The highest BCUT2D eigenvalue weighted by Crippen LogP contribution is 2.16. The molecule has 0 fully saturated rings. The molecule has 3 nitrogen and oxygen atoms in total. The molecular weight excluding hydrogens is 216 g/mol. The minimum atomic E-state index is -0.735. The van der Waals surface area contributed by atoms with Crippen molar-refractivity contribution in [1.29, 1.82) is 0 Å². The van der Waals surface area contributed by atoms with Crippen LogP contribution in [-0.4, -0.2) is 11.8 Å². The molecule has 0 spiro atoms. The third-order valence-electron chi connectivity index (χ3n) is 2.00. The lowest BCUT2D eigenvalue weighted by atomic mass is 10.1. The molecule has 1 unspecified atom stereocenters. The second-order valence-electron chi connectivity index (χ2n) is 3.21. The SMILES string of the molecule is CC(=O)C(C)C(=O)Oc1ccc(Cl)cc1. The summed E-state index contributed by atoms with van der Waals surface area (Å²) in [5.74, 6) is -1.11. The lowest BCUT2D eigenvalue weighted by molar-refractivity contribution is -0.142. The van der Waals surface area contributed by atoms with Gasteiger partial charge in [-0.2, -0.15) is 0 Å². The van der Waals surface area contributed by atoms with Gasteiger partial charge >= 0.3 is 5.97 Å². The van der Waals surface area contributed by atoms with Crippen molar-refractivity contribution in [3.63, 3.8) is 0 Å². The number of ketones is 1. The molecule has 0 aromatic heterocycles. The molecule has 1 aromatic rings. The Morgan fingerprint density at radius 1 is 1.27 bits per heavy atom. The molecule has 0 radical (unpaired) electrons. The summed E-state index contributed by atoms with van der Waals surface area (Å²) in [6, 6.07) is 6.38. The van der Waals surface area contributed by atoms with Crippen LogP contribution in [0.5, 0.6) is 5.75 Å². The van der Waals surface area contributed by atoms with E-state index in [1.165, 1.54) is 13.8 Å². The lowest BCUT2D eigenvalue weighted by Gasteiger charge is -2.07. The van der Waals surface area contributed by atoms with Gasteiger partial charge < -0.3 is 4.74 Å². The Hall–Kier alpha value is -1.35. The van der Waals surface area contributed by atoms with Crippen LogP contribution in [0.2, 0.25) is 5.02 Å². The fourth-order valence-corrected chi connectivity index (χ4v) is 0.999. The van der Waals surface area contributed by atoms with Gasteiger partial charge in [0.15, 0.2) is 0 Å². The highest BCUT2D eigenvalue weighted by molar-refractivity contribution is 6.30. The topological polar surface area (TPSA) is 43.4 Å². The third kappa shape index (κ3) is 3.36. The summed E-state index contributed by atoms with van der Waals surface area (Å²) in [5.41, 5.74) is 0. The van der Waals surface area contributed by atoms with Gasteiger partial charge in [-0.25, -0.2) is 0 Å². The van der Waals surface area contributed by atoms with Gasteiger partial charge in [0.1, 0.15) is 17.5 Å². The molecule has 0 saturated heterocycles. The normalized spacial score (nSPS) is 11.9. The molecule has 15 heavy (non-hydrogen) atoms. The van der Waals surface area contributed by atoms with Gasteiger partial charge in [-0.3, -0.25) is 9.59 Å². The number of benzene rings is 1. The lowest BCUT2D eigenvalue weighted by Crippen LogP contribution is -2.23. The minimum absolute atomic E-state index is 0.214. The van der Waals surface area contributed by atoms with Crippen LogP contribution in [-0.2, 0) is 9.59 Å². The molecule has 4 heteroatoms. The van der Waals surface area contributed by atoms with Crippen LogP contribution in [0.1, 0.15) is 13.8 Å². The van der Waals surface area contributed by atoms with Crippen molar-refractivity contribution < 1.29 is 14.3 Å². The number of carbonyl (C=O) groups is 2. The van der Waals surface area contributed by atoms with Crippen LogP contribution in [0, 0.1) is 5.92 Å². The Bertz CT molecular complexity index is 370. The first kappa shape index (κ1) is 11.7. The zero-order valence-electron chi connectivity index (χ0n) is 8.49. The van der Waals surface area contributed by atoms with Crippen molar-refractivity contribution in [2.45, 2.75) is 13.8 Å². The second-order valence-corrected chi connectivity index (χ2v) is 3.64. The Morgan fingerprint density at radius 3 is 2.27 bits per heavy atom. The van der Waals surface area contributed by atoms with E-state index in [0.717, 1.165) is 0 Å². The van der Waals surface area contributed by atoms with Crippen molar-refractivity contribution in [2.24, 2.45) is 5.92 Å². The van der Waals surface area contributed by atoms with E-state index in [1.807, 2.05) is 0 Å². The summed E-state index contributed by atoms with van der Waals surface area (Å²) in [4.78, 5) is 22.3. The van der Waals surface area contributed by atoms with Crippen LogP contribution in [0.25, 0.3) is 0 Å². The molecule has 0 aliphatic rings. The van der Waals surface area contributed by atoms with E-state index in [0.29, 0.717) is 10.8 Å². The zero-order chi connectivity index (χ0) is 11.4. The van der Waals surface area contributed by atoms with Gasteiger partial charge in [0.2, 0.25) is 0 Å². The summed E-state index contributed by atoms with van der Waals surface area (Å²) in [5, 5.41) is 0.564. The van der Waals surface area contributed by atoms with Gasteiger partial charge in [0, 0.05) is 5.02 Å². The Balaban J connectivity index is 2.66. The van der Waals surface area contributed by atoms with Crippen LogP contribution in [0.4, 0.5) is 0 Å². The molecule has 0 N–H and O–H groups in total. The average Bonchev–Trinajstić information content (AvgIpc) is 2.20. The first-order valence-electron chi connectivity index (χ1n) is 4.48. The largest absolute Gasteiger partial charge is 0.426 e. The monoisotopic (exact) mass is 226 g/mol. The van der Waals surface area contributed by atoms with Crippen molar-refractivity contribution in [2.75, 3.05) is 0 Å². The Kier molecular flexibility index (Phi) is 3.86. The van der Waals surface area contributed by atoms with E-state index in [4.69, 9.17) is 16.3 Å². The van der Waals surface area contributed by atoms with Gasteiger partial charge in [-0.05, 0) is 38.1 Å². The number of halogens is 1. The molecule has 1 atom stereocenters. The average molecular weight is 227 g/mol. The smallest absolute Gasteiger partial charge is 0.321 e. The second kappa shape index (κ2) is 4.94. The molecule has 0 amide bonds. The van der Waals surface area contributed by atoms with E-state index in [-0.39, 0.29) is 5.78 Å². The molecule has 80 valence electrons. The Labute approximate surface area is 93.0 Å². The fourth-order valence-electron chi connectivity index (χ4n) is 0.873. The van der Waals surface area contributed by atoms with Crippen molar-refractivity contribution >= 4 is 23.4 Å². The highest BCUT2D eigenvalue weighted by Gasteiger charge is 2.19. The van der Waals surface area contributed by atoms with E-state index in [1.54, 1.807) is 24.3 Å². The molecular formula is C11H11ClO3. The molecule has 0 bridgehead atoms. The molecule has 1 rings (SSSR count). The van der Waals surface area contributed by atoms with E-state index in [9.17, 15) is 9.59 Å². The van der Waals surface area contributed by atoms with Gasteiger partial charge in [-0.1, -0.05) is 11.6 Å². The summed E-state index contributed by atoms with van der Waals surface area (Å²) < 4.78 is 4.97. The Morgan fingerprint density at radius 2 is 1.80 bits per heavy atom. The van der Waals surface area contributed by atoms with Gasteiger partial charge in [0.25, 0.3) is 0 Å². The maximum absolute atomic E-state index is 11.4. The molecule has 0 heterocycles.